The molecule has 2 amide bonds. The fraction of sp³-hybridized carbons (Fsp3) is 0.464. The number of aliphatic carboxylic acids is 1. The van der Waals surface area contributed by atoms with Gasteiger partial charge >= 0.3 is 12.1 Å². The van der Waals surface area contributed by atoms with Crippen molar-refractivity contribution in [2.45, 2.75) is 64.5 Å². The molecule has 0 aliphatic heterocycles. The average molecular weight is 479 g/mol. The van der Waals surface area contributed by atoms with Gasteiger partial charge in [0.2, 0.25) is 5.91 Å². The van der Waals surface area contributed by atoms with Crippen LogP contribution in [0.25, 0.3) is 11.1 Å². The van der Waals surface area contributed by atoms with Gasteiger partial charge in [-0.05, 0) is 46.4 Å². The van der Waals surface area contributed by atoms with E-state index in [-0.39, 0.29) is 36.8 Å². The molecule has 0 bridgehead atoms. The van der Waals surface area contributed by atoms with Crippen LogP contribution in [0.4, 0.5) is 4.79 Å². The molecule has 2 aromatic carbocycles. The number of amides is 2. The third-order valence-corrected chi connectivity index (χ3v) is 7.16. The van der Waals surface area contributed by atoms with Crippen LogP contribution in [-0.2, 0) is 14.3 Å². The van der Waals surface area contributed by atoms with E-state index in [2.05, 4.69) is 34.9 Å². The number of nitrogens with one attached hydrogen (secondary N) is 2. The molecule has 0 heterocycles. The highest BCUT2D eigenvalue weighted by Crippen LogP contribution is 2.44. The van der Waals surface area contributed by atoms with Crippen LogP contribution >= 0.6 is 0 Å². The normalized spacial score (nSPS) is 20.0. The molecule has 2 aromatic rings. The Balaban J connectivity index is 1.41. The van der Waals surface area contributed by atoms with Crippen molar-refractivity contribution >= 4 is 18.0 Å². The highest BCUT2D eigenvalue weighted by atomic mass is 16.5. The Hall–Kier alpha value is -3.35. The zero-order chi connectivity index (χ0) is 25.2. The summed E-state index contributed by atoms with van der Waals surface area (Å²) in [6.45, 7) is 5.81. The van der Waals surface area contributed by atoms with E-state index in [1.165, 1.54) is 0 Å². The van der Waals surface area contributed by atoms with Gasteiger partial charge in [-0.1, -0.05) is 75.7 Å². The van der Waals surface area contributed by atoms with Crippen LogP contribution in [0.1, 0.15) is 63.5 Å². The van der Waals surface area contributed by atoms with Crippen molar-refractivity contribution < 1.29 is 24.2 Å². The second-order valence-electron chi connectivity index (χ2n) is 10.7. The Morgan fingerprint density at radius 1 is 1.00 bits per heavy atom. The molecule has 0 saturated heterocycles. The third kappa shape index (κ3) is 5.50. The molecule has 0 radical (unpaired) electrons. The molecule has 2 unspecified atom stereocenters. The van der Waals surface area contributed by atoms with E-state index in [0.29, 0.717) is 0 Å². The molecule has 186 valence electrons. The quantitative estimate of drug-likeness (QED) is 0.535. The lowest BCUT2D eigenvalue weighted by Crippen LogP contribution is -2.56. The maximum Gasteiger partial charge on any atom is 0.407 e. The molecule has 2 aliphatic carbocycles. The monoisotopic (exact) mass is 478 g/mol. The lowest BCUT2D eigenvalue weighted by molar-refractivity contribution is -0.138. The van der Waals surface area contributed by atoms with Gasteiger partial charge in [-0.15, -0.1) is 0 Å². The van der Waals surface area contributed by atoms with Crippen molar-refractivity contribution in [1.29, 1.82) is 0 Å². The number of rotatable bonds is 7. The summed E-state index contributed by atoms with van der Waals surface area (Å²) in [7, 11) is 0. The van der Waals surface area contributed by atoms with Gasteiger partial charge in [0.25, 0.3) is 0 Å². The summed E-state index contributed by atoms with van der Waals surface area (Å²) in [6, 6.07) is 15.2. The number of fused-ring (bicyclic) bond motifs is 3. The van der Waals surface area contributed by atoms with Crippen molar-refractivity contribution in [2.24, 2.45) is 11.3 Å². The second kappa shape index (κ2) is 10.1. The number of carbonyl (C=O) groups is 3. The minimum Gasteiger partial charge on any atom is -0.481 e. The lowest BCUT2D eigenvalue weighted by atomic mass is 9.85. The number of carboxylic acids is 1. The second-order valence-corrected chi connectivity index (χ2v) is 10.7. The molecule has 4 rings (SSSR count). The number of carboxylic acid groups (broad SMARTS) is 1. The number of ether oxygens (including phenoxy) is 1. The van der Waals surface area contributed by atoms with Crippen molar-refractivity contribution in [3.63, 3.8) is 0 Å². The molecule has 3 atom stereocenters. The summed E-state index contributed by atoms with van der Waals surface area (Å²) >= 11 is 0. The van der Waals surface area contributed by atoms with Crippen LogP contribution in [0.2, 0.25) is 0 Å². The van der Waals surface area contributed by atoms with Gasteiger partial charge in [0.05, 0.1) is 6.42 Å². The predicted octanol–water partition coefficient (Wildman–Crippen LogP) is 4.70. The molecular formula is C28H34N2O5. The molecule has 0 aromatic heterocycles. The third-order valence-electron chi connectivity index (χ3n) is 7.16. The van der Waals surface area contributed by atoms with Gasteiger partial charge in [-0.2, -0.15) is 0 Å². The van der Waals surface area contributed by atoms with E-state index in [9.17, 15) is 14.4 Å². The van der Waals surface area contributed by atoms with Gasteiger partial charge in [-0.3, -0.25) is 9.59 Å². The fourth-order valence-electron chi connectivity index (χ4n) is 5.39. The number of carbonyl (C=O) groups excluding carboxylic acids is 2. The van der Waals surface area contributed by atoms with E-state index < -0.39 is 23.5 Å². The van der Waals surface area contributed by atoms with Crippen molar-refractivity contribution in [2.75, 3.05) is 6.61 Å². The van der Waals surface area contributed by atoms with Gasteiger partial charge in [0.1, 0.15) is 12.6 Å². The molecule has 7 heteroatoms. The summed E-state index contributed by atoms with van der Waals surface area (Å²) in [5, 5.41) is 14.9. The lowest BCUT2D eigenvalue weighted by Gasteiger charge is -2.32. The summed E-state index contributed by atoms with van der Waals surface area (Å²) in [5.74, 6) is -1.33. The Bertz CT molecular complexity index is 1060. The number of hydrogen-bond acceptors (Lipinski definition) is 4. The van der Waals surface area contributed by atoms with Crippen LogP contribution < -0.4 is 10.6 Å². The van der Waals surface area contributed by atoms with E-state index >= 15 is 0 Å². The highest BCUT2D eigenvalue weighted by Gasteiger charge is 2.37. The van der Waals surface area contributed by atoms with Crippen molar-refractivity contribution in [3.8, 4) is 11.1 Å². The van der Waals surface area contributed by atoms with Crippen LogP contribution in [0.5, 0.6) is 0 Å². The molecule has 1 fully saturated rings. The number of benzene rings is 2. The first-order chi connectivity index (χ1) is 16.6. The Morgan fingerprint density at radius 3 is 2.17 bits per heavy atom. The highest BCUT2D eigenvalue weighted by molar-refractivity contribution is 5.87. The first kappa shape index (κ1) is 24.8. The minimum atomic E-state index is -0.861. The van der Waals surface area contributed by atoms with Crippen molar-refractivity contribution in [3.05, 3.63) is 59.7 Å². The zero-order valence-electron chi connectivity index (χ0n) is 20.5. The molecule has 1 saturated carbocycles. The molecule has 2 aliphatic rings. The van der Waals surface area contributed by atoms with Crippen molar-refractivity contribution in [1.82, 2.24) is 10.6 Å². The Kier molecular flexibility index (Phi) is 7.15. The van der Waals surface area contributed by atoms with Crippen LogP contribution in [0, 0.1) is 11.3 Å². The maximum absolute atomic E-state index is 13.2. The van der Waals surface area contributed by atoms with Gasteiger partial charge in [0, 0.05) is 12.0 Å². The van der Waals surface area contributed by atoms with E-state index in [0.717, 1.165) is 41.5 Å². The van der Waals surface area contributed by atoms with Crippen LogP contribution in [-0.4, -0.2) is 41.8 Å². The fourth-order valence-corrected chi connectivity index (χ4v) is 5.39. The van der Waals surface area contributed by atoms with Crippen LogP contribution in [0.15, 0.2) is 48.5 Å². The molecule has 3 N–H and O–H groups in total. The smallest absolute Gasteiger partial charge is 0.407 e. The molecule has 7 nitrogen and oxygen atoms in total. The zero-order valence-corrected chi connectivity index (χ0v) is 20.5. The van der Waals surface area contributed by atoms with E-state index in [4.69, 9.17) is 9.84 Å². The van der Waals surface area contributed by atoms with E-state index in [1.54, 1.807) is 0 Å². The first-order valence-electron chi connectivity index (χ1n) is 12.3. The average Bonchev–Trinajstić information content (AvgIpc) is 3.36. The molecular weight excluding hydrogens is 444 g/mol. The maximum atomic E-state index is 13.2. The molecule has 35 heavy (non-hydrogen) atoms. The summed E-state index contributed by atoms with van der Waals surface area (Å²) < 4.78 is 5.65. The predicted molar refractivity (Wildman–Crippen MR) is 133 cm³/mol. The summed E-state index contributed by atoms with van der Waals surface area (Å²) in [4.78, 5) is 37.2. The summed E-state index contributed by atoms with van der Waals surface area (Å²) in [6.07, 6.45) is 1.78. The number of hydrogen-bond donors (Lipinski definition) is 3. The molecule has 0 spiro atoms. The summed E-state index contributed by atoms with van der Waals surface area (Å²) in [5.41, 5.74) is 3.99. The standard InChI is InChI=1S/C28H34N2O5/c1-28(2,3)25(26(33)29-23-14-8-9-17(23)15-24(31)32)30-27(34)35-16-22-20-12-6-4-10-18(20)19-11-5-7-13-21(19)22/h4-7,10-13,17,22-23,25H,8-9,14-16H2,1-3H3,(H,29,33)(H,30,34)(H,31,32)/t17?,23?,25-/m0/s1. The van der Waals surface area contributed by atoms with E-state index in [1.807, 2.05) is 45.0 Å². The number of alkyl carbamates (subject to hydrolysis) is 1. The van der Waals surface area contributed by atoms with Gasteiger partial charge in [-0.25, -0.2) is 4.79 Å². The topological polar surface area (TPSA) is 105 Å². The first-order valence-corrected chi connectivity index (χ1v) is 12.3. The van der Waals surface area contributed by atoms with Crippen LogP contribution in [0.3, 0.4) is 0 Å². The minimum absolute atomic E-state index is 0.0327. The van der Waals surface area contributed by atoms with Gasteiger partial charge < -0.3 is 20.5 Å². The Labute approximate surface area is 206 Å². The Morgan fingerprint density at radius 2 is 1.60 bits per heavy atom. The largest absolute Gasteiger partial charge is 0.481 e. The SMILES string of the molecule is CC(C)(C)[C@@H](NC(=O)OCC1c2ccccc2-c2ccccc21)C(=O)NC1CCCC1CC(=O)O. The van der Waals surface area contributed by atoms with Gasteiger partial charge in [0.15, 0.2) is 0 Å².